The molecule has 27 heavy (non-hydrogen) atoms. The van der Waals surface area contributed by atoms with E-state index in [4.69, 9.17) is 0 Å². The fraction of sp³-hybridized carbons (Fsp3) is 0.652. The van der Waals surface area contributed by atoms with Gasteiger partial charge in [-0.3, -0.25) is 4.57 Å². The minimum Gasteiger partial charge on any atom is -0.324 e. The van der Waals surface area contributed by atoms with Gasteiger partial charge in [0, 0.05) is 0 Å². The Balaban J connectivity index is 3.00. The van der Waals surface area contributed by atoms with E-state index >= 15 is 0 Å². The smallest absolute Gasteiger partial charge is 0.324 e. The Labute approximate surface area is 166 Å². The van der Waals surface area contributed by atoms with Crippen molar-refractivity contribution in [1.82, 2.24) is 0 Å². The van der Waals surface area contributed by atoms with E-state index in [1.54, 1.807) is 13.8 Å². The lowest BCUT2D eigenvalue weighted by Crippen LogP contribution is -2.24. The Morgan fingerprint density at radius 3 is 2.19 bits per heavy atom. The zero-order valence-electron chi connectivity index (χ0n) is 18.2. The second-order valence-electron chi connectivity index (χ2n) is 9.43. The van der Waals surface area contributed by atoms with Crippen LogP contribution in [0, 0.1) is 11.3 Å². The molecule has 0 aliphatic carbocycles. The van der Waals surface area contributed by atoms with Gasteiger partial charge in [-0.1, -0.05) is 76.1 Å². The van der Waals surface area contributed by atoms with Gasteiger partial charge in [-0.2, -0.15) is 0 Å². The van der Waals surface area contributed by atoms with Crippen molar-refractivity contribution >= 4 is 7.60 Å². The molecule has 2 unspecified atom stereocenters. The molecule has 0 heterocycles. The standard InChI is InChI=1S/C23H39O3P/c1-8-19(3)22(4,5)17-21(20-12-10-9-11-13-20)15-14-18(2)16-23(6,7)27(24,25)26/h9-14,19,21H,8,15-17H2,1-7H3,(H2,24,25,26)/b18-14+. The summed E-state index contributed by atoms with van der Waals surface area (Å²) < 4.78 is 11.7. The van der Waals surface area contributed by atoms with E-state index in [2.05, 4.69) is 58.0 Å². The van der Waals surface area contributed by atoms with Gasteiger partial charge in [-0.25, -0.2) is 0 Å². The summed E-state index contributed by atoms with van der Waals surface area (Å²) in [6.07, 6.45) is 5.75. The van der Waals surface area contributed by atoms with Crippen molar-refractivity contribution in [3.05, 3.63) is 47.5 Å². The molecule has 4 heteroatoms. The molecule has 3 nitrogen and oxygen atoms in total. The van der Waals surface area contributed by atoms with Gasteiger partial charge in [0.25, 0.3) is 0 Å². The molecular formula is C23H39O3P. The fourth-order valence-corrected chi connectivity index (χ4v) is 4.11. The molecule has 0 aromatic heterocycles. The molecule has 0 spiro atoms. The predicted octanol–water partition coefficient (Wildman–Crippen LogP) is 6.92. The van der Waals surface area contributed by atoms with E-state index in [0.29, 0.717) is 18.3 Å². The summed E-state index contributed by atoms with van der Waals surface area (Å²) >= 11 is 0. The summed E-state index contributed by atoms with van der Waals surface area (Å²) in [7, 11) is -4.12. The van der Waals surface area contributed by atoms with Crippen molar-refractivity contribution in [1.29, 1.82) is 0 Å². The van der Waals surface area contributed by atoms with Crippen molar-refractivity contribution in [2.75, 3.05) is 0 Å². The third kappa shape index (κ3) is 7.22. The first-order valence-electron chi connectivity index (χ1n) is 10.1. The molecule has 0 saturated heterocycles. The van der Waals surface area contributed by atoms with E-state index in [1.165, 1.54) is 12.0 Å². The molecule has 0 bridgehead atoms. The SMILES string of the molecule is CCC(C)C(C)(C)CC(C/C=C(\C)CC(C)(C)P(=O)(O)O)c1ccccc1. The Bertz CT molecular complexity index is 655. The molecule has 0 amide bonds. The minimum absolute atomic E-state index is 0.238. The highest BCUT2D eigenvalue weighted by Crippen LogP contribution is 2.53. The Kier molecular flexibility index (Phi) is 8.53. The van der Waals surface area contributed by atoms with Gasteiger partial charge < -0.3 is 9.79 Å². The topological polar surface area (TPSA) is 57.5 Å². The molecule has 1 rings (SSSR count). The molecule has 0 saturated carbocycles. The summed E-state index contributed by atoms with van der Waals surface area (Å²) in [5, 5.41) is -1.02. The van der Waals surface area contributed by atoms with Crippen LogP contribution < -0.4 is 0 Å². The Morgan fingerprint density at radius 2 is 1.70 bits per heavy atom. The van der Waals surface area contributed by atoms with Crippen LogP contribution in [-0.2, 0) is 4.57 Å². The lowest BCUT2D eigenvalue weighted by molar-refractivity contribution is 0.190. The van der Waals surface area contributed by atoms with Crippen LogP contribution in [0.25, 0.3) is 0 Å². The second kappa shape index (κ2) is 9.54. The van der Waals surface area contributed by atoms with Crippen molar-refractivity contribution in [2.45, 2.75) is 85.2 Å². The molecule has 154 valence electrons. The first-order chi connectivity index (χ1) is 12.3. The van der Waals surface area contributed by atoms with Crippen LogP contribution in [0.5, 0.6) is 0 Å². The average Bonchev–Trinajstić information content (AvgIpc) is 2.57. The van der Waals surface area contributed by atoms with Crippen LogP contribution in [0.2, 0.25) is 0 Å². The summed E-state index contributed by atoms with van der Waals surface area (Å²) in [5.41, 5.74) is 2.63. The van der Waals surface area contributed by atoms with Gasteiger partial charge in [0.15, 0.2) is 0 Å². The Hall–Kier alpha value is -0.890. The van der Waals surface area contributed by atoms with E-state index in [9.17, 15) is 14.4 Å². The quantitative estimate of drug-likeness (QED) is 0.335. The maximum atomic E-state index is 11.7. The molecule has 0 aliphatic rings. The first kappa shape index (κ1) is 24.1. The molecule has 1 aromatic carbocycles. The summed E-state index contributed by atoms with van der Waals surface area (Å²) in [6.45, 7) is 14.6. The van der Waals surface area contributed by atoms with Crippen LogP contribution in [0.4, 0.5) is 0 Å². The van der Waals surface area contributed by atoms with E-state index in [1.807, 2.05) is 13.0 Å². The molecule has 1 aromatic rings. The summed E-state index contributed by atoms with van der Waals surface area (Å²) in [5.74, 6) is 1.05. The molecule has 0 radical (unpaired) electrons. The first-order valence-corrected chi connectivity index (χ1v) is 11.7. The van der Waals surface area contributed by atoms with Gasteiger partial charge in [-0.15, -0.1) is 0 Å². The van der Waals surface area contributed by atoms with E-state index in [-0.39, 0.29) is 5.41 Å². The highest BCUT2D eigenvalue weighted by atomic mass is 31.2. The number of hydrogen-bond acceptors (Lipinski definition) is 1. The third-order valence-electron chi connectivity index (χ3n) is 6.24. The molecule has 2 atom stereocenters. The van der Waals surface area contributed by atoms with Crippen LogP contribution in [-0.4, -0.2) is 14.9 Å². The zero-order chi connectivity index (χ0) is 20.9. The predicted molar refractivity (Wildman–Crippen MR) is 116 cm³/mol. The van der Waals surface area contributed by atoms with E-state index in [0.717, 1.165) is 18.4 Å². The van der Waals surface area contributed by atoms with Gasteiger partial charge in [0.1, 0.15) is 0 Å². The largest absolute Gasteiger partial charge is 0.331 e. The maximum Gasteiger partial charge on any atom is 0.331 e. The van der Waals surface area contributed by atoms with Crippen LogP contribution >= 0.6 is 7.60 Å². The minimum atomic E-state index is -4.12. The monoisotopic (exact) mass is 394 g/mol. The summed E-state index contributed by atoms with van der Waals surface area (Å²) in [4.78, 5) is 19.1. The second-order valence-corrected chi connectivity index (χ2v) is 11.7. The highest BCUT2D eigenvalue weighted by molar-refractivity contribution is 7.53. The third-order valence-corrected chi connectivity index (χ3v) is 7.98. The maximum absolute atomic E-state index is 11.7. The lowest BCUT2D eigenvalue weighted by Gasteiger charge is -2.35. The molecule has 0 aliphatic heterocycles. The highest BCUT2D eigenvalue weighted by Gasteiger charge is 2.37. The van der Waals surface area contributed by atoms with Crippen molar-refractivity contribution in [2.24, 2.45) is 11.3 Å². The van der Waals surface area contributed by atoms with Crippen molar-refractivity contribution in [3.8, 4) is 0 Å². The van der Waals surface area contributed by atoms with Gasteiger partial charge >= 0.3 is 7.60 Å². The molecule has 0 fully saturated rings. The van der Waals surface area contributed by atoms with Crippen LogP contribution in [0.3, 0.4) is 0 Å². The fourth-order valence-electron chi connectivity index (χ4n) is 3.65. The van der Waals surface area contributed by atoms with Gasteiger partial charge in [0.05, 0.1) is 5.16 Å². The number of allylic oxidation sites excluding steroid dienone is 2. The number of hydrogen-bond donors (Lipinski definition) is 2. The summed E-state index contributed by atoms with van der Waals surface area (Å²) in [6, 6.07) is 10.6. The number of rotatable bonds is 10. The van der Waals surface area contributed by atoms with Gasteiger partial charge in [-0.05, 0) is 62.8 Å². The number of benzene rings is 1. The zero-order valence-corrected chi connectivity index (χ0v) is 19.1. The average molecular weight is 395 g/mol. The van der Waals surface area contributed by atoms with Gasteiger partial charge in [0.2, 0.25) is 0 Å². The van der Waals surface area contributed by atoms with Crippen LogP contribution in [0.15, 0.2) is 42.0 Å². The van der Waals surface area contributed by atoms with Crippen molar-refractivity contribution in [3.63, 3.8) is 0 Å². The Morgan fingerprint density at radius 1 is 1.15 bits per heavy atom. The lowest BCUT2D eigenvalue weighted by atomic mass is 9.70. The molecule has 2 N–H and O–H groups in total. The van der Waals surface area contributed by atoms with Crippen molar-refractivity contribution < 1.29 is 14.4 Å². The normalized spacial score (nSPS) is 16.3. The van der Waals surface area contributed by atoms with E-state index < -0.39 is 12.8 Å². The van der Waals surface area contributed by atoms with Crippen LogP contribution in [0.1, 0.15) is 85.6 Å². The molecular weight excluding hydrogens is 355 g/mol.